The number of alkyl halides is 2. The highest BCUT2D eigenvalue weighted by molar-refractivity contribution is 8.08. The Morgan fingerprint density at radius 2 is 2.00 bits per heavy atom. The van der Waals surface area contributed by atoms with E-state index in [-0.39, 0.29) is 12.0 Å². The second-order valence-electron chi connectivity index (χ2n) is 2.01. The van der Waals surface area contributed by atoms with E-state index in [9.17, 15) is 4.57 Å². The molecule has 0 aromatic rings. The lowest BCUT2D eigenvalue weighted by molar-refractivity contribution is 0.593. The van der Waals surface area contributed by atoms with E-state index < -0.39 is 11.2 Å². The van der Waals surface area contributed by atoms with Crippen molar-refractivity contribution in [3.8, 4) is 0 Å². The highest BCUT2D eigenvalue weighted by Gasteiger charge is 2.19. The van der Waals surface area contributed by atoms with Gasteiger partial charge in [-0.05, 0) is 28.1 Å². The summed E-state index contributed by atoms with van der Waals surface area (Å²) in [7, 11) is 0. The zero-order chi connectivity index (χ0) is 9.07. The average Bonchev–Trinajstić information content (AvgIpc) is 1.82. The Bertz CT molecular complexity index is 187. The first-order chi connectivity index (χ1) is 4.87. The normalized spacial score (nSPS) is 14.5. The molecule has 0 bridgehead atoms. The first-order valence-electron chi connectivity index (χ1n) is 2.73. The molecule has 0 aromatic heterocycles. The molecule has 1 unspecified atom stereocenters. The van der Waals surface area contributed by atoms with Crippen LogP contribution in [0.1, 0.15) is 0 Å². The molecule has 0 amide bonds. The largest absolute Gasteiger partial charge is 0.289 e. The molecular weight excluding hydrogens is 249 g/mol. The van der Waals surface area contributed by atoms with Crippen molar-refractivity contribution in [3.63, 3.8) is 0 Å². The summed E-state index contributed by atoms with van der Waals surface area (Å²) < 4.78 is 10.8. The molecule has 0 rings (SSSR count). The summed E-state index contributed by atoms with van der Waals surface area (Å²) in [5.74, 6) is -2.87. The molecule has 0 aliphatic rings. The van der Waals surface area contributed by atoms with Crippen molar-refractivity contribution >= 4 is 51.5 Å². The fraction of sp³-hybridized carbons (Fsp3) is 0.600. The number of hydrogen-bond acceptors (Lipinski definition) is 1. The van der Waals surface area contributed by atoms with Crippen LogP contribution < -0.4 is 0 Å². The van der Waals surface area contributed by atoms with Gasteiger partial charge in [0.2, 0.25) is 0 Å². The Balaban J connectivity index is 3.99. The molecule has 0 aromatic carbocycles. The van der Waals surface area contributed by atoms with Crippen LogP contribution in [0.2, 0.25) is 0 Å². The molecule has 6 heteroatoms. The molecule has 0 saturated carbocycles. The fourth-order valence-electron chi connectivity index (χ4n) is 0.445. The van der Waals surface area contributed by atoms with Crippen LogP contribution in [0, 0.1) is 0 Å². The van der Waals surface area contributed by atoms with Crippen molar-refractivity contribution in [2.24, 2.45) is 0 Å². The fourth-order valence-corrected chi connectivity index (χ4v) is 2.46. The summed E-state index contributed by atoms with van der Waals surface area (Å²) >= 11 is 21.6. The van der Waals surface area contributed by atoms with Gasteiger partial charge in [-0.1, -0.05) is 6.58 Å². The first kappa shape index (κ1) is 12.1. The van der Waals surface area contributed by atoms with Gasteiger partial charge in [0, 0.05) is 5.88 Å². The molecule has 0 aliphatic heterocycles. The third-order valence-electron chi connectivity index (χ3n) is 0.966. The van der Waals surface area contributed by atoms with Gasteiger partial charge in [-0.15, -0.1) is 23.2 Å². The molecule has 0 saturated heterocycles. The van der Waals surface area contributed by atoms with E-state index in [4.69, 9.17) is 45.7 Å². The van der Waals surface area contributed by atoms with Crippen molar-refractivity contribution < 1.29 is 4.57 Å². The Morgan fingerprint density at radius 3 is 2.27 bits per heavy atom. The van der Waals surface area contributed by atoms with Crippen molar-refractivity contribution in [1.29, 1.82) is 0 Å². The van der Waals surface area contributed by atoms with Crippen LogP contribution >= 0.6 is 51.5 Å². The molecule has 0 spiro atoms. The molecule has 0 fully saturated rings. The minimum Gasteiger partial charge on any atom is -0.289 e. The second-order valence-corrected chi connectivity index (χ2v) is 8.10. The van der Waals surface area contributed by atoms with Gasteiger partial charge >= 0.3 is 0 Å². The smallest absolute Gasteiger partial charge is 0.257 e. The standard InChI is InChI=1S/C5H7Cl4OP/c1-4(5(7)2-6)3-11(8,9)10/h5H,1-3H2. The molecule has 11 heavy (non-hydrogen) atoms. The number of halogens is 4. The minimum absolute atomic E-state index is 0.0248. The van der Waals surface area contributed by atoms with E-state index in [2.05, 4.69) is 6.58 Å². The van der Waals surface area contributed by atoms with Gasteiger partial charge in [0.15, 0.2) is 0 Å². The molecule has 1 nitrogen and oxygen atoms in total. The Morgan fingerprint density at radius 1 is 1.55 bits per heavy atom. The van der Waals surface area contributed by atoms with Gasteiger partial charge in [-0.3, -0.25) is 4.57 Å². The molecule has 0 N–H and O–H groups in total. The summed E-state index contributed by atoms with van der Waals surface area (Å²) in [6.45, 7) is 3.55. The van der Waals surface area contributed by atoms with Gasteiger partial charge in [-0.25, -0.2) is 0 Å². The van der Waals surface area contributed by atoms with Crippen LogP contribution in [-0.2, 0) is 4.57 Å². The van der Waals surface area contributed by atoms with Crippen LogP contribution in [0.15, 0.2) is 12.2 Å². The summed E-state index contributed by atoms with van der Waals surface area (Å²) in [6.07, 6.45) is 0.0248. The topological polar surface area (TPSA) is 17.1 Å². The third-order valence-corrected chi connectivity index (χ3v) is 3.39. The Kier molecular flexibility index (Phi) is 5.50. The van der Waals surface area contributed by atoms with Gasteiger partial charge in [0.05, 0.1) is 11.5 Å². The first-order valence-corrected chi connectivity index (χ1v) is 7.40. The zero-order valence-corrected chi connectivity index (χ0v) is 9.48. The maximum Gasteiger partial charge on any atom is 0.257 e. The summed E-state index contributed by atoms with van der Waals surface area (Å²) in [6, 6.07) is 0. The highest BCUT2D eigenvalue weighted by atomic mass is 35.9. The van der Waals surface area contributed by atoms with Crippen LogP contribution in [0.25, 0.3) is 0 Å². The van der Waals surface area contributed by atoms with E-state index in [1.807, 2.05) is 0 Å². The lowest BCUT2D eigenvalue weighted by atomic mass is 10.3. The molecule has 1 atom stereocenters. The maximum atomic E-state index is 10.8. The van der Waals surface area contributed by atoms with Crippen molar-refractivity contribution in [1.82, 2.24) is 0 Å². The van der Waals surface area contributed by atoms with E-state index >= 15 is 0 Å². The molecule has 0 aliphatic carbocycles. The monoisotopic (exact) mass is 254 g/mol. The van der Waals surface area contributed by atoms with E-state index in [1.54, 1.807) is 0 Å². The predicted octanol–water partition coefficient (Wildman–Crippen LogP) is 4.06. The van der Waals surface area contributed by atoms with E-state index in [1.165, 1.54) is 0 Å². The van der Waals surface area contributed by atoms with E-state index in [0.29, 0.717) is 5.57 Å². The van der Waals surface area contributed by atoms with Gasteiger partial charge in [-0.2, -0.15) is 0 Å². The molecule has 0 radical (unpaired) electrons. The quantitative estimate of drug-likeness (QED) is 0.421. The summed E-state index contributed by atoms with van der Waals surface area (Å²) in [5.41, 5.74) is 0.509. The van der Waals surface area contributed by atoms with Crippen LogP contribution in [0.3, 0.4) is 0 Å². The number of rotatable bonds is 4. The summed E-state index contributed by atoms with van der Waals surface area (Å²) in [4.78, 5) is 0. The highest BCUT2D eigenvalue weighted by Crippen LogP contribution is 2.57. The van der Waals surface area contributed by atoms with E-state index in [0.717, 1.165) is 0 Å². The molecular formula is C5H7Cl4OP. The van der Waals surface area contributed by atoms with Crippen molar-refractivity contribution in [2.45, 2.75) is 5.38 Å². The number of allylic oxidation sites excluding steroid dienone is 1. The Labute approximate surface area is 85.6 Å². The second kappa shape index (κ2) is 4.99. The average molecular weight is 256 g/mol. The van der Waals surface area contributed by atoms with Gasteiger partial charge in [0.25, 0.3) is 5.85 Å². The van der Waals surface area contributed by atoms with Crippen LogP contribution in [0.4, 0.5) is 0 Å². The lowest BCUT2D eigenvalue weighted by Gasteiger charge is -2.09. The van der Waals surface area contributed by atoms with Crippen molar-refractivity contribution in [2.75, 3.05) is 12.0 Å². The molecule has 0 heterocycles. The zero-order valence-electron chi connectivity index (χ0n) is 5.57. The SMILES string of the molecule is C=C(CP(=O)(Cl)Cl)C(Cl)CCl. The molecule has 66 valence electrons. The Hall–Kier alpha value is 1.13. The third kappa shape index (κ3) is 6.31. The number of hydrogen-bond donors (Lipinski definition) is 0. The predicted molar refractivity (Wildman–Crippen MR) is 53.7 cm³/mol. The minimum atomic E-state index is -3.09. The van der Waals surface area contributed by atoms with Crippen LogP contribution in [-0.4, -0.2) is 17.4 Å². The van der Waals surface area contributed by atoms with Crippen molar-refractivity contribution in [3.05, 3.63) is 12.2 Å². The summed E-state index contributed by atoms with van der Waals surface area (Å²) in [5, 5.41) is -0.414. The van der Waals surface area contributed by atoms with Crippen LogP contribution in [0.5, 0.6) is 0 Å². The maximum absolute atomic E-state index is 10.8. The van der Waals surface area contributed by atoms with Gasteiger partial charge < -0.3 is 0 Å². The lowest BCUT2D eigenvalue weighted by Crippen LogP contribution is -2.05. The van der Waals surface area contributed by atoms with Gasteiger partial charge in [0.1, 0.15) is 0 Å².